The van der Waals surface area contributed by atoms with E-state index >= 15 is 0 Å². The third-order valence-corrected chi connectivity index (χ3v) is 6.81. The minimum Gasteiger partial charge on any atom is -0.494 e. The Morgan fingerprint density at radius 1 is 0.944 bits per heavy atom. The van der Waals surface area contributed by atoms with Crippen molar-refractivity contribution in [2.75, 3.05) is 6.61 Å². The number of hydrogen-bond acceptors (Lipinski definition) is 4. The van der Waals surface area contributed by atoms with Crippen LogP contribution in [0.5, 0.6) is 5.75 Å². The second-order valence-corrected chi connectivity index (χ2v) is 9.58. The quantitative estimate of drug-likeness (QED) is 0.262. The molecule has 1 aliphatic rings. The summed E-state index contributed by atoms with van der Waals surface area (Å²) in [5, 5.41) is 0.515. The minimum absolute atomic E-state index is 0.139. The predicted octanol–water partition coefficient (Wildman–Crippen LogP) is 6.72. The number of hydrogen-bond donors (Lipinski definition) is 0. The van der Waals surface area contributed by atoms with Gasteiger partial charge in [-0.2, -0.15) is 0 Å². The van der Waals surface area contributed by atoms with Crippen LogP contribution in [-0.2, 0) is 6.54 Å². The van der Waals surface area contributed by atoms with Crippen LogP contribution < -0.4 is 10.2 Å². The summed E-state index contributed by atoms with van der Waals surface area (Å²) < 4.78 is 12.1. The molecular formula is C31H31NO4. The average Bonchev–Trinajstić information content (AvgIpc) is 3.15. The van der Waals surface area contributed by atoms with Crippen LogP contribution in [0.4, 0.5) is 0 Å². The Labute approximate surface area is 211 Å². The van der Waals surface area contributed by atoms with Crippen molar-refractivity contribution in [3.05, 3.63) is 111 Å². The molecule has 5 rings (SSSR count). The van der Waals surface area contributed by atoms with Gasteiger partial charge in [0.25, 0.3) is 5.91 Å². The topological polar surface area (TPSA) is 59.8 Å². The average molecular weight is 482 g/mol. The van der Waals surface area contributed by atoms with Crippen molar-refractivity contribution >= 4 is 16.9 Å². The molecule has 5 heteroatoms. The summed E-state index contributed by atoms with van der Waals surface area (Å²) in [7, 11) is 0. The molecule has 3 aromatic carbocycles. The Kier molecular flexibility index (Phi) is 6.64. The van der Waals surface area contributed by atoms with Gasteiger partial charge in [-0.25, -0.2) is 0 Å². The number of benzene rings is 3. The fourth-order valence-electron chi connectivity index (χ4n) is 5.05. The van der Waals surface area contributed by atoms with E-state index in [9.17, 15) is 9.59 Å². The Balaban J connectivity index is 1.60. The number of rotatable bonds is 8. The number of carbonyl (C=O) groups excluding carboxylic acids is 1. The van der Waals surface area contributed by atoms with Gasteiger partial charge in [0.05, 0.1) is 23.6 Å². The SMILES string of the molecule is CCCCCOc1ccc(C2c3c(oc4c(C)cc(C)cc4c3=O)C(=O)N2Cc2ccccc2)cc1. The molecule has 4 aromatic rings. The highest BCUT2D eigenvalue weighted by Crippen LogP contribution is 2.40. The molecule has 0 saturated carbocycles. The van der Waals surface area contributed by atoms with Gasteiger partial charge in [0, 0.05) is 6.54 Å². The molecule has 1 atom stereocenters. The normalized spacial score (nSPS) is 14.9. The molecular weight excluding hydrogens is 450 g/mol. The summed E-state index contributed by atoms with van der Waals surface area (Å²) in [6.07, 6.45) is 3.29. The Morgan fingerprint density at radius 3 is 2.42 bits per heavy atom. The molecule has 0 bridgehead atoms. The Bertz CT molecular complexity index is 1450. The van der Waals surface area contributed by atoms with E-state index < -0.39 is 6.04 Å². The highest BCUT2D eigenvalue weighted by atomic mass is 16.5. The molecule has 0 N–H and O–H groups in total. The van der Waals surface area contributed by atoms with Gasteiger partial charge in [0.2, 0.25) is 5.76 Å². The van der Waals surface area contributed by atoms with Crippen molar-refractivity contribution in [1.82, 2.24) is 4.90 Å². The predicted molar refractivity (Wildman–Crippen MR) is 142 cm³/mol. The van der Waals surface area contributed by atoms with E-state index in [4.69, 9.17) is 9.15 Å². The third kappa shape index (κ3) is 4.41. The van der Waals surface area contributed by atoms with Gasteiger partial charge < -0.3 is 14.1 Å². The lowest BCUT2D eigenvalue weighted by molar-refractivity contribution is 0.0714. The summed E-state index contributed by atoms with van der Waals surface area (Å²) in [5.41, 5.74) is 4.42. The molecule has 184 valence electrons. The van der Waals surface area contributed by atoms with Crippen LogP contribution in [0.25, 0.3) is 11.0 Å². The molecule has 0 fully saturated rings. The van der Waals surface area contributed by atoms with Crippen LogP contribution in [0.1, 0.15) is 70.6 Å². The van der Waals surface area contributed by atoms with Gasteiger partial charge in [-0.15, -0.1) is 0 Å². The molecule has 1 amide bonds. The van der Waals surface area contributed by atoms with Gasteiger partial charge in [-0.1, -0.05) is 68.3 Å². The summed E-state index contributed by atoms with van der Waals surface area (Å²) in [4.78, 5) is 29.3. The maximum absolute atomic E-state index is 13.9. The standard InChI is InChI=1S/C31H31NO4/c1-4-5-9-16-35-24-14-12-23(13-15-24)27-26-28(33)25-18-20(2)17-21(3)29(25)36-30(26)31(34)32(27)19-22-10-7-6-8-11-22/h6-8,10-15,17-18,27H,4-5,9,16,19H2,1-3H3. The largest absolute Gasteiger partial charge is 0.494 e. The first-order valence-corrected chi connectivity index (χ1v) is 12.6. The summed E-state index contributed by atoms with van der Waals surface area (Å²) in [6.45, 7) is 7.08. The highest BCUT2D eigenvalue weighted by Gasteiger charge is 2.42. The number of aryl methyl sites for hydroxylation is 2. The third-order valence-electron chi connectivity index (χ3n) is 6.81. The van der Waals surface area contributed by atoms with Gasteiger partial charge in [-0.3, -0.25) is 9.59 Å². The fourth-order valence-corrected chi connectivity index (χ4v) is 5.05. The van der Waals surface area contributed by atoms with E-state index in [2.05, 4.69) is 6.92 Å². The maximum atomic E-state index is 13.9. The summed E-state index contributed by atoms with van der Waals surface area (Å²) >= 11 is 0. The molecule has 1 aromatic heterocycles. The van der Waals surface area contributed by atoms with Crippen molar-refractivity contribution < 1.29 is 13.9 Å². The van der Waals surface area contributed by atoms with Crippen LogP contribution in [0, 0.1) is 13.8 Å². The smallest absolute Gasteiger partial charge is 0.291 e. The molecule has 1 aliphatic heterocycles. The molecule has 1 unspecified atom stereocenters. The van der Waals surface area contributed by atoms with Crippen molar-refractivity contribution in [3.63, 3.8) is 0 Å². The van der Waals surface area contributed by atoms with E-state index in [1.807, 2.05) is 80.6 Å². The number of carbonyl (C=O) groups is 1. The Hall–Kier alpha value is -3.86. The highest BCUT2D eigenvalue weighted by molar-refractivity contribution is 5.99. The number of nitrogens with zero attached hydrogens (tertiary/aromatic N) is 1. The molecule has 0 saturated heterocycles. The minimum atomic E-state index is -0.539. The van der Waals surface area contributed by atoms with Crippen molar-refractivity contribution in [3.8, 4) is 5.75 Å². The second kappa shape index (κ2) is 10.0. The van der Waals surface area contributed by atoms with Gasteiger partial charge in [-0.05, 0) is 60.7 Å². The zero-order valence-corrected chi connectivity index (χ0v) is 21.0. The van der Waals surface area contributed by atoms with E-state index in [0.29, 0.717) is 29.7 Å². The molecule has 0 aliphatic carbocycles. The van der Waals surface area contributed by atoms with Crippen LogP contribution in [-0.4, -0.2) is 17.4 Å². The lowest BCUT2D eigenvalue weighted by Gasteiger charge is -2.25. The van der Waals surface area contributed by atoms with E-state index in [-0.39, 0.29) is 17.1 Å². The molecule has 36 heavy (non-hydrogen) atoms. The lowest BCUT2D eigenvalue weighted by Crippen LogP contribution is -2.29. The second-order valence-electron chi connectivity index (χ2n) is 9.58. The summed E-state index contributed by atoms with van der Waals surface area (Å²) in [6, 6.07) is 20.8. The van der Waals surface area contributed by atoms with Crippen molar-refractivity contribution in [2.45, 2.75) is 52.6 Å². The lowest BCUT2D eigenvalue weighted by atomic mass is 9.97. The monoisotopic (exact) mass is 481 g/mol. The maximum Gasteiger partial charge on any atom is 0.291 e. The van der Waals surface area contributed by atoms with Gasteiger partial charge in [0.1, 0.15) is 11.3 Å². The zero-order valence-electron chi connectivity index (χ0n) is 21.0. The van der Waals surface area contributed by atoms with Crippen LogP contribution >= 0.6 is 0 Å². The van der Waals surface area contributed by atoms with E-state index in [1.165, 1.54) is 0 Å². The fraction of sp³-hybridized carbons (Fsp3) is 0.290. The summed E-state index contributed by atoms with van der Waals surface area (Å²) in [5.74, 6) is 0.656. The first-order chi connectivity index (χ1) is 17.5. The van der Waals surface area contributed by atoms with Crippen molar-refractivity contribution in [1.29, 1.82) is 0 Å². The molecule has 0 spiro atoms. The van der Waals surface area contributed by atoms with E-state index in [0.717, 1.165) is 47.3 Å². The first kappa shape index (κ1) is 23.9. The van der Waals surface area contributed by atoms with Crippen LogP contribution in [0.15, 0.2) is 75.9 Å². The van der Waals surface area contributed by atoms with Gasteiger partial charge >= 0.3 is 0 Å². The van der Waals surface area contributed by atoms with E-state index in [1.54, 1.807) is 4.90 Å². The van der Waals surface area contributed by atoms with Crippen LogP contribution in [0.2, 0.25) is 0 Å². The van der Waals surface area contributed by atoms with Crippen LogP contribution in [0.3, 0.4) is 0 Å². The number of ether oxygens (including phenoxy) is 1. The molecule has 2 heterocycles. The van der Waals surface area contributed by atoms with Gasteiger partial charge in [0.15, 0.2) is 5.43 Å². The number of fused-ring (bicyclic) bond motifs is 2. The number of amides is 1. The Morgan fingerprint density at radius 2 is 1.69 bits per heavy atom. The number of unbranched alkanes of at least 4 members (excludes halogenated alkanes) is 2. The zero-order chi connectivity index (χ0) is 25.2. The molecule has 0 radical (unpaired) electrons. The first-order valence-electron chi connectivity index (χ1n) is 12.6. The molecule has 5 nitrogen and oxygen atoms in total. The van der Waals surface area contributed by atoms with Crippen molar-refractivity contribution in [2.24, 2.45) is 0 Å².